The lowest BCUT2D eigenvalue weighted by Crippen LogP contribution is -2.62. The van der Waals surface area contributed by atoms with E-state index in [-0.39, 0.29) is 41.3 Å². The second kappa shape index (κ2) is 7.49. The van der Waals surface area contributed by atoms with Crippen molar-refractivity contribution in [3.8, 4) is 0 Å². The fourth-order valence-corrected chi connectivity index (χ4v) is 8.68. The van der Waals surface area contributed by atoms with E-state index in [1.165, 1.54) is 0 Å². The lowest BCUT2D eigenvalue weighted by Gasteiger charge is -2.63. The maximum atomic E-state index is 11.5. The molecule has 4 rings (SSSR count). The van der Waals surface area contributed by atoms with Crippen molar-refractivity contribution in [2.45, 2.75) is 96.9 Å². The lowest BCUT2D eigenvalue weighted by atomic mass is 9.43. The average Bonchev–Trinajstić information content (AvgIpc) is 3.01. The summed E-state index contributed by atoms with van der Waals surface area (Å²) in [6.45, 7) is 6.72. The van der Waals surface area contributed by atoms with Crippen molar-refractivity contribution in [3.05, 3.63) is 0 Å². The van der Waals surface area contributed by atoms with Crippen LogP contribution < -0.4 is 0 Å². The molecule has 0 heterocycles. The normalized spacial score (nSPS) is 52.9. The number of carboxylic acids is 1. The highest BCUT2D eigenvalue weighted by Gasteiger charge is 2.65. The Morgan fingerprint density at radius 3 is 2.45 bits per heavy atom. The topological polar surface area (TPSA) is 98.0 Å². The number of hydrogen-bond acceptors (Lipinski definition) is 4. The van der Waals surface area contributed by atoms with Crippen LogP contribution in [0.5, 0.6) is 0 Å². The summed E-state index contributed by atoms with van der Waals surface area (Å²) in [4.78, 5) is 11.1. The number of hydrogen-bond donors (Lipinski definition) is 4. The van der Waals surface area contributed by atoms with Gasteiger partial charge < -0.3 is 20.4 Å². The first-order valence-electron chi connectivity index (χ1n) is 11.8. The number of rotatable bonds is 4. The van der Waals surface area contributed by atoms with E-state index in [1.807, 2.05) is 0 Å². The van der Waals surface area contributed by atoms with E-state index in [0.717, 1.165) is 44.9 Å². The minimum Gasteiger partial charge on any atom is -0.481 e. The van der Waals surface area contributed by atoms with Gasteiger partial charge in [-0.25, -0.2) is 0 Å². The molecule has 5 heteroatoms. The van der Waals surface area contributed by atoms with Gasteiger partial charge >= 0.3 is 5.97 Å². The van der Waals surface area contributed by atoms with Gasteiger partial charge in [-0.05, 0) is 97.7 Å². The number of fused-ring (bicyclic) bond motifs is 5. The molecular formula is C24H40O5. The van der Waals surface area contributed by atoms with Crippen molar-refractivity contribution in [3.63, 3.8) is 0 Å². The Bertz CT molecular complexity index is 637. The average molecular weight is 409 g/mol. The van der Waals surface area contributed by atoms with Gasteiger partial charge in [0.25, 0.3) is 0 Å². The molecule has 0 bridgehead atoms. The van der Waals surface area contributed by atoms with Crippen molar-refractivity contribution in [2.24, 2.45) is 46.3 Å². The maximum Gasteiger partial charge on any atom is 0.303 e. The number of carboxylic acid groups (broad SMARTS) is 1. The highest BCUT2D eigenvalue weighted by atomic mass is 16.4. The van der Waals surface area contributed by atoms with E-state index < -0.39 is 12.1 Å². The molecular weight excluding hydrogens is 368 g/mol. The third-order valence-corrected chi connectivity index (χ3v) is 10.3. The first kappa shape index (κ1) is 21.6. The molecule has 11 atom stereocenters. The van der Waals surface area contributed by atoms with Crippen LogP contribution in [0.3, 0.4) is 0 Å². The summed E-state index contributed by atoms with van der Waals surface area (Å²) in [5, 5.41) is 42.0. The summed E-state index contributed by atoms with van der Waals surface area (Å²) >= 11 is 0. The Labute approximate surface area is 174 Å². The van der Waals surface area contributed by atoms with E-state index in [0.29, 0.717) is 30.1 Å². The number of aliphatic carboxylic acids is 1. The Balaban J connectivity index is 1.61. The first-order valence-corrected chi connectivity index (χ1v) is 11.8. The lowest BCUT2D eigenvalue weighted by molar-refractivity contribution is -0.207. The van der Waals surface area contributed by atoms with Gasteiger partial charge in [0.05, 0.1) is 18.3 Å². The zero-order valence-electron chi connectivity index (χ0n) is 18.3. The van der Waals surface area contributed by atoms with E-state index in [4.69, 9.17) is 5.11 Å². The molecule has 4 aliphatic carbocycles. The Morgan fingerprint density at radius 2 is 1.76 bits per heavy atom. The summed E-state index contributed by atoms with van der Waals surface area (Å²) in [5.41, 5.74) is -0.143. The van der Waals surface area contributed by atoms with Gasteiger partial charge in [0.15, 0.2) is 0 Å². The summed E-state index contributed by atoms with van der Waals surface area (Å²) in [5.74, 6) is 0.997. The molecule has 0 aliphatic heterocycles. The third-order valence-electron chi connectivity index (χ3n) is 10.3. The smallest absolute Gasteiger partial charge is 0.303 e. The van der Waals surface area contributed by atoms with E-state index in [9.17, 15) is 20.1 Å². The Kier molecular flexibility index (Phi) is 5.57. The van der Waals surface area contributed by atoms with Gasteiger partial charge in [-0.15, -0.1) is 0 Å². The van der Waals surface area contributed by atoms with Gasteiger partial charge in [0.2, 0.25) is 0 Å². The van der Waals surface area contributed by atoms with Crippen LogP contribution in [0.25, 0.3) is 0 Å². The summed E-state index contributed by atoms with van der Waals surface area (Å²) < 4.78 is 0. The minimum absolute atomic E-state index is 0.0957. The van der Waals surface area contributed by atoms with Crippen LogP contribution in [0.4, 0.5) is 0 Å². The fourth-order valence-electron chi connectivity index (χ4n) is 8.68. The molecule has 4 saturated carbocycles. The first-order chi connectivity index (χ1) is 13.6. The predicted molar refractivity (Wildman–Crippen MR) is 110 cm³/mol. The molecule has 0 spiro atoms. The molecule has 3 unspecified atom stereocenters. The molecule has 0 saturated heterocycles. The zero-order valence-corrected chi connectivity index (χ0v) is 18.3. The van der Waals surface area contributed by atoms with Gasteiger partial charge in [0.1, 0.15) is 0 Å². The fraction of sp³-hybridized carbons (Fsp3) is 0.958. The number of carbonyl (C=O) groups is 1. The van der Waals surface area contributed by atoms with E-state index in [2.05, 4.69) is 20.8 Å². The largest absolute Gasteiger partial charge is 0.481 e. The standard InChI is InChI=1S/C24H40O5/c1-13(4-7-21(28)29)16-5-6-17-22-18(12-20(27)24(16,17)3)23(2)9-8-15(25)10-14(23)11-19(22)26/h13-20,22,25-27H,4-12H2,1-3H3,(H,28,29)/t13?,14-,15+,16+,17-,18-,19+,20-,22-,23?,24?/m0/s1. The molecule has 166 valence electrons. The molecule has 0 radical (unpaired) electrons. The molecule has 4 aliphatic rings. The van der Waals surface area contributed by atoms with Gasteiger partial charge in [0, 0.05) is 6.42 Å². The van der Waals surface area contributed by atoms with Crippen LogP contribution in [0, 0.1) is 46.3 Å². The molecule has 0 aromatic rings. The maximum absolute atomic E-state index is 11.5. The highest BCUT2D eigenvalue weighted by molar-refractivity contribution is 5.66. The summed E-state index contributed by atoms with van der Waals surface area (Å²) in [6, 6.07) is 0. The van der Waals surface area contributed by atoms with Crippen molar-refractivity contribution < 1.29 is 25.2 Å². The van der Waals surface area contributed by atoms with Crippen molar-refractivity contribution >= 4 is 5.97 Å². The summed E-state index contributed by atoms with van der Waals surface area (Å²) in [7, 11) is 0. The van der Waals surface area contributed by atoms with Crippen molar-refractivity contribution in [2.75, 3.05) is 0 Å². The van der Waals surface area contributed by atoms with Gasteiger partial charge in [-0.1, -0.05) is 20.8 Å². The molecule has 0 aromatic carbocycles. The van der Waals surface area contributed by atoms with Gasteiger partial charge in [-0.3, -0.25) is 4.79 Å². The molecule has 4 fully saturated rings. The van der Waals surface area contributed by atoms with E-state index in [1.54, 1.807) is 0 Å². The second-order valence-electron chi connectivity index (χ2n) is 11.4. The highest BCUT2D eigenvalue weighted by Crippen LogP contribution is 2.68. The molecule has 4 N–H and O–H groups in total. The van der Waals surface area contributed by atoms with Gasteiger partial charge in [-0.2, -0.15) is 0 Å². The quantitative estimate of drug-likeness (QED) is 0.571. The molecule has 29 heavy (non-hydrogen) atoms. The number of aliphatic hydroxyl groups is 3. The Morgan fingerprint density at radius 1 is 1.03 bits per heavy atom. The van der Waals surface area contributed by atoms with Crippen LogP contribution in [0.2, 0.25) is 0 Å². The van der Waals surface area contributed by atoms with E-state index >= 15 is 0 Å². The van der Waals surface area contributed by atoms with Crippen LogP contribution in [-0.2, 0) is 4.79 Å². The van der Waals surface area contributed by atoms with Crippen LogP contribution in [-0.4, -0.2) is 44.7 Å². The van der Waals surface area contributed by atoms with Crippen LogP contribution >= 0.6 is 0 Å². The SMILES string of the molecule is CC(CCC(=O)O)[C@H]1CC[C@H]2[C@@H]3[C@H](O)C[C@@H]4C[C@H](O)CCC4(C)[C@H]3C[C@H](O)C12C. The molecule has 5 nitrogen and oxygen atoms in total. The summed E-state index contributed by atoms with van der Waals surface area (Å²) in [6.07, 6.45) is 6.00. The Hall–Kier alpha value is -0.650. The molecule has 0 aromatic heterocycles. The number of aliphatic hydroxyl groups excluding tert-OH is 3. The predicted octanol–water partition coefficient (Wildman–Crippen LogP) is 3.45. The monoisotopic (exact) mass is 408 g/mol. The van der Waals surface area contributed by atoms with Crippen molar-refractivity contribution in [1.29, 1.82) is 0 Å². The molecule has 0 amide bonds. The van der Waals surface area contributed by atoms with Crippen molar-refractivity contribution in [1.82, 2.24) is 0 Å². The third kappa shape index (κ3) is 3.27. The van der Waals surface area contributed by atoms with Crippen LogP contribution in [0.1, 0.15) is 78.6 Å². The second-order valence-corrected chi connectivity index (χ2v) is 11.4. The minimum atomic E-state index is -0.748. The van der Waals surface area contributed by atoms with Crippen LogP contribution in [0.15, 0.2) is 0 Å². The zero-order chi connectivity index (χ0) is 21.1.